The Hall–Kier alpha value is -2.09. The summed E-state index contributed by atoms with van der Waals surface area (Å²) in [4.78, 5) is 26.0. The summed E-state index contributed by atoms with van der Waals surface area (Å²) in [7, 11) is 2.27. The van der Waals surface area contributed by atoms with Crippen molar-refractivity contribution in [1.29, 1.82) is 0 Å². The first-order chi connectivity index (χ1) is 13.3. The lowest BCUT2D eigenvalue weighted by atomic mass is 9.94. The van der Waals surface area contributed by atoms with Crippen LogP contribution in [0.2, 0.25) is 5.02 Å². The molecular formula is C20H24ClN4O2S+. The van der Waals surface area contributed by atoms with Gasteiger partial charge in [0.15, 0.2) is 0 Å². The molecule has 2 unspecified atom stereocenters. The molecule has 3 atom stereocenters. The van der Waals surface area contributed by atoms with Crippen molar-refractivity contribution in [3.63, 3.8) is 0 Å². The first-order valence-corrected chi connectivity index (χ1v) is 10.7. The predicted octanol–water partition coefficient (Wildman–Crippen LogP) is 4.37. The summed E-state index contributed by atoms with van der Waals surface area (Å²) >= 11 is 7.36. The Labute approximate surface area is 173 Å². The molecule has 1 fully saturated rings. The second-order valence-electron chi connectivity index (χ2n) is 7.71. The van der Waals surface area contributed by atoms with Crippen molar-refractivity contribution in [2.24, 2.45) is 5.73 Å². The van der Waals surface area contributed by atoms with E-state index >= 15 is 0 Å². The number of hydrogen-bond donors (Lipinski definition) is 3. The smallest absolute Gasteiger partial charge is 0.324 e. The van der Waals surface area contributed by atoms with Crippen LogP contribution in [0.15, 0.2) is 24.3 Å². The summed E-state index contributed by atoms with van der Waals surface area (Å²) in [5.74, 6) is -0.479. The number of primary amides is 1. The van der Waals surface area contributed by atoms with Gasteiger partial charge in [-0.25, -0.2) is 4.79 Å². The molecule has 2 bridgehead atoms. The Bertz CT molecular complexity index is 942. The lowest BCUT2D eigenvalue weighted by molar-refractivity contribution is -0.949. The van der Waals surface area contributed by atoms with Crippen LogP contribution in [-0.2, 0) is 6.42 Å². The van der Waals surface area contributed by atoms with E-state index in [0.717, 1.165) is 35.9 Å². The molecule has 6 nitrogen and oxygen atoms in total. The van der Waals surface area contributed by atoms with E-state index in [1.54, 1.807) is 24.3 Å². The molecule has 1 saturated heterocycles. The summed E-state index contributed by atoms with van der Waals surface area (Å²) in [6, 6.07) is 7.29. The molecule has 0 spiro atoms. The first kappa shape index (κ1) is 19.2. The van der Waals surface area contributed by atoms with E-state index in [4.69, 9.17) is 17.3 Å². The van der Waals surface area contributed by atoms with Gasteiger partial charge in [-0.15, -0.1) is 11.3 Å². The number of thiophene rings is 1. The summed E-state index contributed by atoms with van der Waals surface area (Å²) in [5.41, 5.74) is 7.92. The highest BCUT2D eigenvalue weighted by Crippen LogP contribution is 2.53. The summed E-state index contributed by atoms with van der Waals surface area (Å²) in [6.07, 6.45) is 3.14. The second kappa shape index (κ2) is 7.06. The number of nitrogens with two attached hydrogens (primary N) is 1. The molecule has 2 aliphatic rings. The molecule has 4 rings (SSSR count). The van der Waals surface area contributed by atoms with Crippen LogP contribution in [0.25, 0.3) is 0 Å². The fraction of sp³-hybridized carbons (Fsp3) is 0.400. The van der Waals surface area contributed by atoms with Crippen LogP contribution < -0.4 is 16.4 Å². The lowest BCUT2D eigenvalue weighted by Gasteiger charge is -2.44. The Morgan fingerprint density at radius 2 is 1.96 bits per heavy atom. The van der Waals surface area contributed by atoms with Gasteiger partial charge in [0.05, 0.1) is 25.2 Å². The number of amides is 3. The van der Waals surface area contributed by atoms with E-state index in [9.17, 15) is 9.59 Å². The maximum absolute atomic E-state index is 12.5. The minimum atomic E-state index is -0.479. The maximum atomic E-state index is 12.5. The molecule has 2 aliphatic heterocycles. The molecule has 0 saturated carbocycles. The first-order valence-electron chi connectivity index (χ1n) is 9.47. The highest BCUT2D eigenvalue weighted by Gasteiger charge is 2.52. The van der Waals surface area contributed by atoms with Crippen molar-refractivity contribution in [2.45, 2.75) is 38.3 Å². The number of rotatable bonds is 4. The number of halogens is 1. The van der Waals surface area contributed by atoms with Gasteiger partial charge >= 0.3 is 6.03 Å². The van der Waals surface area contributed by atoms with Crippen molar-refractivity contribution in [3.05, 3.63) is 45.3 Å². The van der Waals surface area contributed by atoms with Gasteiger partial charge in [-0.05, 0) is 31.2 Å². The van der Waals surface area contributed by atoms with Gasteiger partial charge in [-0.2, -0.15) is 0 Å². The van der Waals surface area contributed by atoms with Crippen LogP contribution in [0, 0.1) is 0 Å². The number of likely N-dealkylation sites (N-methyl/N-ethyl adjacent to an activating group) is 1. The third kappa shape index (κ3) is 3.07. The normalized spacial score (nSPS) is 25.2. The van der Waals surface area contributed by atoms with Crippen molar-refractivity contribution >= 4 is 45.6 Å². The summed E-state index contributed by atoms with van der Waals surface area (Å²) in [6.45, 7) is 3.22. The molecule has 2 aromatic rings. The zero-order valence-corrected chi connectivity index (χ0v) is 17.5. The van der Waals surface area contributed by atoms with Gasteiger partial charge in [0, 0.05) is 40.4 Å². The number of urea groups is 1. The maximum Gasteiger partial charge on any atom is 0.324 e. The molecule has 8 heteroatoms. The molecular weight excluding hydrogens is 396 g/mol. The van der Waals surface area contributed by atoms with E-state index < -0.39 is 11.9 Å². The zero-order valence-electron chi connectivity index (χ0n) is 15.9. The number of nitrogens with zero attached hydrogens (tertiary/aromatic N) is 1. The van der Waals surface area contributed by atoms with Crippen LogP contribution >= 0.6 is 22.9 Å². The highest BCUT2D eigenvalue weighted by molar-refractivity contribution is 7.17. The SMILES string of the molecule is CC[N@@+]1(C)C2CCC1c1c(sc(NC(=O)Nc3ccc(Cl)cc3)c1C(N)=O)C2. The van der Waals surface area contributed by atoms with Gasteiger partial charge in [-0.1, -0.05) is 11.6 Å². The van der Waals surface area contributed by atoms with Crippen molar-refractivity contribution in [2.75, 3.05) is 24.2 Å². The van der Waals surface area contributed by atoms with Crippen LogP contribution in [0.4, 0.5) is 15.5 Å². The minimum Gasteiger partial charge on any atom is -0.365 e. The van der Waals surface area contributed by atoms with E-state index in [1.165, 1.54) is 16.2 Å². The van der Waals surface area contributed by atoms with Gasteiger partial charge in [-0.3, -0.25) is 10.1 Å². The number of hydrogen-bond acceptors (Lipinski definition) is 3. The largest absolute Gasteiger partial charge is 0.365 e. The molecule has 1 aromatic carbocycles. The van der Waals surface area contributed by atoms with E-state index in [2.05, 4.69) is 24.6 Å². The molecule has 148 valence electrons. The topological polar surface area (TPSA) is 84.2 Å². The molecule has 0 radical (unpaired) electrons. The number of benzene rings is 1. The number of carbonyl (C=O) groups excluding carboxylic acids is 2. The third-order valence-corrected chi connectivity index (χ3v) is 7.75. The van der Waals surface area contributed by atoms with E-state index in [0.29, 0.717) is 27.3 Å². The summed E-state index contributed by atoms with van der Waals surface area (Å²) < 4.78 is 0.945. The predicted molar refractivity (Wildman–Crippen MR) is 113 cm³/mol. The average Bonchev–Trinajstić information content (AvgIpc) is 3.09. The number of quaternary nitrogens is 1. The van der Waals surface area contributed by atoms with Crippen molar-refractivity contribution in [3.8, 4) is 0 Å². The Kier molecular flexibility index (Phi) is 4.85. The van der Waals surface area contributed by atoms with E-state index in [-0.39, 0.29) is 6.04 Å². The van der Waals surface area contributed by atoms with Gasteiger partial charge in [0.2, 0.25) is 0 Å². The van der Waals surface area contributed by atoms with Crippen LogP contribution in [-0.4, -0.2) is 36.1 Å². The fourth-order valence-electron chi connectivity index (χ4n) is 4.76. The van der Waals surface area contributed by atoms with Gasteiger partial charge in [0.1, 0.15) is 11.0 Å². The Balaban J connectivity index is 1.64. The molecule has 1 aromatic heterocycles. The fourth-order valence-corrected chi connectivity index (χ4v) is 6.22. The van der Waals surface area contributed by atoms with Gasteiger partial charge < -0.3 is 15.5 Å². The quantitative estimate of drug-likeness (QED) is 0.643. The van der Waals surface area contributed by atoms with Crippen LogP contribution in [0.1, 0.15) is 46.6 Å². The van der Waals surface area contributed by atoms with Crippen molar-refractivity contribution < 1.29 is 14.1 Å². The average molecular weight is 420 g/mol. The summed E-state index contributed by atoms with van der Waals surface area (Å²) in [5, 5.41) is 6.75. The Morgan fingerprint density at radius 1 is 1.25 bits per heavy atom. The lowest BCUT2D eigenvalue weighted by Crippen LogP contribution is -2.52. The van der Waals surface area contributed by atoms with Crippen LogP contribution in [0.3, 0.4) is 0 Å². The standard InChI is InChI=1S/C20H23ClN4O2S/c1-3-25(2)13-8-9-14(25)16-15(10-13)28-19(17(16)18(22)26)24-20(27)23-12-6-4-11(21)5-7-12/h4-7,13-14H,3,8-10H2,1-2H3,(H3-,22,23,24,26,27)/p+1/t13?,14?,25-/m0/s1. The van der Waals surface area contributed by atoms with Gasteiger partial charge in [0.25, 0.3) is 5.91 Å². The molecule has 28 heavy (non-hydrogen) atoms. The zero-order chi connectivity index (χ0) is 20.1. The number of nitrogens with one attached hydrogen (secondary N) is 2. The molecule has 3 heterocycles. The van der Waals surface area contributed by atoms with E-state index in [1.807, 2.05) is 0 Å². The monoisotopic (exact) mass is 419 g/mol. The molecule has 4 N–H and O–H groups in total. The third-order valence-electron chi connectivity index (χ3n) is 6.35. The minimum absolute atomic E-state index is 0.271. The highest BCUT2D eigenvalue weighted by atomic mass is 35.5. The van der Waals surface area contributed by atoms with Crippen LogP contribution in [0.5, 0.6) is 0 Å². The number of fused-ring (bicyclic) bond motifs is 4. The number of anilines is 2. The molecule has 0 aliphatic carbocycles. The molecule has 3 amide bonds. The Morgan fingerprint density at radius 3 is 2.61 bits per heavy atom. The second-order valence-corrected chi connectivity index (χ2v) is 9.25. The number of carbonyl (C=O) groups is 2. The van der Waals surface area contributed by atoms with Crippen molar-refractivity contribution in [1.82, 2.24) is 0 Å².